The zero-order valence-corrected chi connectivity index (χ0v) is 10.4. The van der Waals surface area contributed by atoms with E-state index in [-0.39, 0.29) is 17.4 Å². The maximum absolute atomic E-state index is 11.5. The fourth-order valence-electron chi connectivity index (χ4n) is 1.87. The molecule has 1 N–H and O–H groups in total. The molecule has 4 nitrogen and oxygen atoms in total. The Morgan fingerprint density at radius 2 is 2.07 bits per heavy atom. The molecule has 1 aliphatic rings. The number of hydrogen-bond acceptors (Lipinski definition) is 3. The first-order valence-corrected chi connectivity index (χ1v) is 7.06. The summed E-state index contributed by atoms with van der Waals surface area (Å²) in [7, 11) is -2.94. The fourth-order valence-corrected chi connectivity index (χ4v) is 3.96. The van der Waals surface area contributed by atoms with Crippen LogP contribution in [0.3, 0.4) is 0 Å². The maximum atomic E-state index is 11.5. The normalized spacial score (nSPS) is 29.3. The second-order valence-corrected chi connectivity index (χ2v) is 7.23. The topological polar surface area (TPSA) is 63.2 Å². The molecule has 1 atom stereocenters. The first kappa shape index (κ1) is 12.5. The van der Waals surface area contributed by atoms with Crippen molar-refractivity contribution in [1.29, 1.82) is 0 Å². The zero-order valence-electron chi connectivity index (χ0n) is 9.54. The summed E-state index contributed by atoms with van der Waals surface area (Å²) in [5, 5.41) is 2.82. The molecule has 0 aliphatic carbocycles. The van der Waals surface area contributed by atoms with Crippen LogP contribution in [0.1, 0.15) is 33.6 Å². The van der Waals surface area contributed by atoms with Crippen molar-refractivity contribution < 1.29 is 13.2 Å². The predicted octanol–water partition coefficient (Wildman–Crippen LogP) is 0.726. The highest BCUT2D eigenvalue weighted by Crippen LogP contribution is 2.23. The summed E-state index contributed by atoms with van der Waals surface area (Å²) < 4.78 is 22.6. The third kappa shape index (κ3) is 3.81. The van der Waals surface area contributed by atoms with E-state index >= 15 is 0 Å². The molecule has 0 aromatic rings. The van der Waals surface area contributed by atoms with E-state index in [4.69, 9.17) is 0 Å². The Hall–Kier alpha value is -0.580. The molecule has 0 spiro atoms. The highest BCUT2D eigenvalue weighted by atomic mass is 32.2. The molecular formula is C10H19NO3S. The summed E-state index contributed by atoms with van der Waals surface area (Å²) in [5.41, 5.74) is -0.551. The summed E-state index contributed by atoms with van der Waals surface area (Å²) in [6, 6.07) is 0. The first-order valence-electron chi connectivity index (χ1n) is 5.24. The van der Waals surface area contributed by atoms with Gasteiger partial charge in [-0.15, -0.1) is 0 Å². The molecule has 88 valence electrons. The lowest BCUT2D eigenvalue weighted by molar-refractivity contribution is -0.123. The fraction of sp³-hybridized carbons (Fsp3) is 0.900. The van der Waals surface area contributed by atoms with Gasteiger partial charge in [0.05, 0.1) is 17.0 Å². The van der Waals surface area contributed by atoms with E-state index in [1.165, 1.54) is 0 Å². The second-order valence-electron chi connectivity index (χ2n) is 5.05. The zero-order chi connectivity index (χ0) is 11.7. The van der Waals surface area contributed by atoms with E-state index < -0.39 is 15.4 Å². The van der Waals surface area contributed by atoms with E-state index in [0.29, 0.717) is 18.8 Å². The smallest absolute Gasteiger partial charge is 0.220 e. The molecule has 1 fully saturated rings. The van der Waals surface area contributed by atoms with Gasteiger partial charge in [0.15, 0.2) is 9.84 Å². The molecule has 0 aromatic carbocycles. The molecule has 0 unspecified atom stereocenters. The quantitative estimate of drug-likeness (QED) is 0.781. The van der Waals surface area contributed by atoms with Crippen LogP contribution in [-0.4, -0.2) is 31.4 Å². The molecule has 0 radical (unpaired) electrons. The van der Waals surface area contributed by atoms with Gasteiger partial charge >= 0.3 is 0 Å². The SMILES string of the molecule is CC(C)CC(=O)N[C@@]1(C)CCS(=O)(=O)C1. The standard InChI is InChI=1S/C10H19NO3S/c1-8(2)6-9(12)11-10(3)4-5-15(13,14)7-10/h8H,4-7H2,1-3H3,(H,11,12)/t10-/m0/s1. The summed E-state index contributed by atoms with van der Waals surface area (Å²) in [4.78, 5) is 11.5. The Kier molecular flexibility index (Phi) is 3.43. The van der Waals surface area contributed by atoms with Crippen LogP contribution in [0.25, 0.3) is 0 Å². The lowest BCUT2D eigenvalue weighted by Gasteiger charge is -2.24. The van der Waals surface area contributed by atoms with Crippen LogP contribution >= 0.6 is 0 Å². The minimum absolute atomic E-state index is 0.0513. The highest BCUT2D eigenvalue weighted by Gasteiger charge is 2.39. The highest BCUT2D eigenvalue weighted by molar-refractivity contribution is 7.91. The largest absolute Gasteiger partial charge is 0.350 e. The Morgan fingerprint density at radius 1 is 1.47 bits per heavy atom. The number of carbonyl (C=O) groups excluding carboxylic acids is 1. The van der Waals surface area contributed by atoms with Gasteiger partial charge in [0.2, 0.25) is 5.91 Å². The number of rotatable bonds is 3. The minimum Gasteiger partial charge on any atom is -0.350 e. The van der Waals surface area contributed by atoms with E-state index in [1.54, 1.807) is 6.92 Å². The first-order chi connectivity index (χ1) is 6.72. The molecule has 1 amide bonds. The second kappa shape index (κ2) is 4.12. The summed E-state index contributed by atoms with van der Waals surface area (Å²) >= 11 is 0. The summed E-state index contributed by atoms with van der Waals surface area (Å²) in [5.74, 6) is 0.506. The Bertz CT molecular complexity index is 348. The van der Waals surface area contributed by atoms with Crippen molar-refractivity contribution in [3.63, 3.8) is 0 Å². The number of sulfone groups is 1. The van der Waals surface area contributed by atoms with Crippen LogP contribution in [0.2, 0.25) is 0 Å². The van der Waals surface area contributed by atoms with E-state index in [1.807, 2.05) is 13.8 Å². The van der Waals surface area contributed by atoms with E-state index in [9.17, 15) is 13.2 Å². The molecule has 0 aromatic heterocycles. The lowest BCUT2D eigenvalue weighted by Crippen LogP contribution is -2.47. The average Bonchev–Trinajstić information content (AvgIpc) is 2.22. The molecule has 1 heterocycles. The Morgan fingerprint density at radius 3 is 2.47 bits per heavy atom. The molecule has 1 rings (SSSR count). The van der Waals surface area contributed by atoms with Crippen molar-refractivity contribution in [2.24, 2.45) is 5.92 Å². The van der Waals surface area contributed by atoms with Crippen LogP contribution in [0.4, 0.5) is 0 Å². The van der Waals surface area contributed by atoms with Gasteiger partial charge in [0, 0.05) is 6.42 Å². The molecule has 0 saturated carbocycles. The molecule has 1 aliphatic heterocycles. The van der Waals surface area contributed by atoms with Crippen LogP contribution < -0.4 is 5.32 Å². The summed E-state index contributed by atoms with van der Waals surface area (Å²) in [6.07, 6.45) is 0.981. The van der Waals surface area contributed by atoms with Crippen LogP contribution in [0, 0.1) is 5.92 Å². The van der Waals surface area contributed by atoms with Crippen molar-refractivity contribution in [3.8, 4) is 0 Å². The van der Waals surface area contributed by atoms with Gasteiger partial charge in [0.1, 0.15) is 0 Å². The van der Waals surface area contributed by atoms with E-state index in [0.717, 1.165) is 0 Å². The Balaban J connectivity index is 2.55. The predicted molar refractivity (Wildman–Crippen MR) is 59.3 cm³/mol. The van der Waals surface area contributed by atoms with Crippen LogP contribution in [-0.2, 0) is 14.6 Å². The Labute approximate surface area is 91.4 Å². The number of carbonyl (C=O) groups is 1. The molecule has 0 bridgehead atoms. The third-order valence-corrected chi connectivity index (χ3v) is 4.44. The van der Waals surface area contributed by atoms with Crippen molar-refractivity contribution in [2.75, 3.05) is 11.5 Å². The molecule has 5 heteroatoms. The van der Waals surface area contributed by atoms with Gasteiger partial charge in [0.25, 0.3) is 0 Å². The van der Waals surface area contributed by atoms with Crippen molar-refractivity contribution in [1.82, 2.24) is 5.32 Å². The maximum Gasteiger partial charge on any atom is 0.220 e. The van der Waals surface area contributed by atoms with Crippen molar-refractivity contribution in [2.45, 2.75) is 39.2 Å². The van der Waals surface area contributed by atoms with Gasteiger partial charge in [-0.05, 0) is 19.3 Å². The lowest BCUT2D eigenvalue weighted by atomic mass is 10.0. The molecule has 15 heavy (non-hydrogen) atoms. The van der Waals surface area contributed by atoms with Crippen LogP contribution in [0.5, 0.6) is 0 Å². The number of hydrogen-bond donors (Lipinski definition) is 1. The molecular weight excluding hydrogens is 214 g/mol. The van der Waals surface area contributed by atoms with E-state index in [2.05, 4.69) is 5.32 Å². The van der Waals surface area contributed by atoms with Gasteiger partial charge in [-0.2, -0.15) is 0 Å². The molecule has 1 saturated heterocycles. The van der Waals surface area contributed by atoms with Gasteiger partial charge in [-0.1, -0.05) is 13.8 Å². The van der Waals surface area contributed by atoms with Gasteiger partial charge in [-0.25, -0.2) is 8.42 Å². The van der Waals surface area contributed by atoms with Crippen molar-refractivity contribution in [3.05, 3.63) is 0 Å². The van der Waals surface area contributed by atoms with Crippen LogP contribution in [0.15, 0.2) is 0 Å². The van der Waals surface area contributed by atoms with Gasteiger partial charge < -0.3 is 5.32 Å². The number of amides is 1. The van der Waals surface area contributed by atoms with Gasteiger partial charge in [-0.3, -0.25) is 4.79 Å². The summed E-state index contributed by atoms with van der Waals surface area (Å²) in [6.45, 7) is 5.73. The van der Waals surface area contributed by atoms with Crippen molar-refractivity contribution >= 4 is 15.7 Å². The monoisotopic (exact) mass is 233 g/mol. The minimum atomic E-state index is -2.94. The third-order valence-electron chi connectivity index (χ3n) is 2.54. The average molecular weight is 233 g/mol. The number of nitrogens with one attached hydrogen (secondary N) is 1.